The van der Waals surface area contributed by atoms with Crippen molar-refractivity contribution in [2.75, 3.05) is 4.90 Å². The molecule has 184 valence electrons. The van der Waals surface area contributed by atoms with E-state index < -0.39 is 0 Å². The number of nitrogens with zero attached hydrogens (tertiary/aromatic N) is 1. The van der Waals surface area contributed by atoms with Crippen molar-refractivity contribution in [3.63, 3.8) is 0 Å². The van der Waals surface area contributed by atoms with E-state index in [4.69, 9.17) is 4.42 Å². The monoisotopic (exact) mass is 507 g/mol. The van der Waals surface area contributed by atoms with Gasteiger partial charge < -0.3 is 9.32 Å². The fraction of sp³-hybridized carbons (Fsp3) is 0.0270. The molecule has 0 N–H and O–H groups in total. The minimum absolute atomic E-state index is 0.173. The van der Waals surface area contributed by atoms with Crippen molar-refractivity contribution in [3.8, 4) is 11.1 Å². The molecule has 0 radical (unpaired) electrons. The van der Waals surface area contributed by atoms with Crippen molar-refractivity contribution in [1.29, 1.82) is 0 Å². The van der Waals surface area contributed by atoms with Crippen LogP contribution in [0.3, 0.4) is 0 Å². The highest BCUT2D eigenvalue weighted by Crippen LogP contribution is 2.60. The topological polar surface area (TPSA) is 16.4 Å². The Morgan fingerprint density at radius 1 is 0.575 bits per heavy atom. The quantitative estimate of drug-likeness (QED) is 0.216. The predicted octanol–water partition coefficient (Wildman–Crippen LogP) is 7.36. The van der Waals surface area contributed by atoms with E-state index in [0.29, 0.717) is 0 Å². The molecule has 7 aromatic rings. The average Bonchev–Trinajstić information content (AvgIpc) is 3.57. The fourth-order valence-electron chi connectivity index (χ4n) is 7.83. The van der Waals surface area contributed by atoms with E-state index in [-0.39, 0.29) is 12.6 Å². The Balaban J connectivity index is 1.36. The molecule has 1 atom stereocenters. The van der Waals surface area contributed by atoms with Gasteiger partial charge in [0, 0.05) is 33.6 Å². The Bertz CT molecular complexity index is 2190. The van der Waals surface area contributed by atoms with Crippen LogP contribution in [0.1, 0.15) is 22.6 Å². The molecular weight excluding hydrogens is 485 g/mol. The largest absolute Gasteiger partial charge is 0.455 e. The number of fused-ring (bicyclic) bond motifs is 12. The van der Waals surface area contributed by atoms with E-state index in [1.165, 1.54) is 72.0 Å². The van der Waals surface area contributed by atoms with Gasteiger partial charge in [0.05, 0.1) is 5.69 Å². The molecule has 1 unspecified atom stereocenters. The molecule has 40 heavy (non-hydrogen) atoms. The first-order valence-corrected chi connectivity index (χ1v) is 14.0. The van der Waals surface area contributed by atoms with E-state index in [0.717, 1.165) is 11.2 Å². The SMILES string of the molecule is c1ccc(B2c3ccccc3N3c4ccccc4C4c5ccc6c(oc7ccccc76)c5-c5ccc2c3c54)cc1. The van der Waals surface area contributed by atoms with Crippen LogP contribution >= 0.6 is 0 Å². The summed E-state index contributed by atoms with van der Waals surface area (Å²) < 4.78 is 6.62. The smallest absolute Gasteiger partial charge is 0.246 e. The summed E-state index contributed by atoms with van der Waals surface area (Å²) in [6, 6.07) is 46.7. The molecule has 3 aliphatic rings. The molecule has 1 aliphatic carbocycles. The predicted molar refractivity (Wildman–Crippen MR) is 166 cm³/mol. The fourth-order valence-corrected chi connectivity index (χ4v) is 7.83. The molecule has 6 aromatic carbocycles. The second-order valence-corrected chi connectivity index (χ2v) is 11.2. The number of furan rings is 1. The lowest BCUT2D eigenvalue weighted by Crippen LogP contribution is -2.58. The first-order valence-electron chi connectivity index (χ1n) is 14.0. The molecule has 0 fully saturated rings. The first-order chi connectivity index (χ1) is 19.9. The molecule has 0 spiro atoms. The average molecular weight is 507 g/mol. The Kier molecular flexibility index (Phi) is 3.83. The summed E-state index contributed by atoms with van der Waals surface area (Å²) in [4.78, 5) is 2.54. The highest BCUT2D eigenvalue weighted by molar-refractivity contribution is 6.98. The molecule has 2 aliphatic heterocycles. The van der Waals surface area contributed by atoms with E-state index in [1.54, 1.807) is 0 Å². The van der Waals surface area contributed by atoms with Crippen LogP contribution in [0, 0.1) is 0 Å². The number of hydrogen-bond donors (Lipinski definition) is 0. The molecule has 0 saturated carbocycles. The molecule has 2 nitrogen and oxygen atoms in total. The maximum Gasteiger partial charge on any atom is 0.246 e. The van der Waals surface area contributed by atoms with Crippen molar-refractivity contribution in [2.24, 2.45) is 0 Å². The zero-order valence-corrected chi connectivity index (χ0v) is 21.6. The van der Waals surface area contributed by atoms with Crippen LogP contribution in [0.25, 0.3) is 33.1 Å². The van der Waals surface area contributed by atoms with Gasteiger partial charge in [0.1, 0.15) is 11.2 Å². The maximum absolute atomic E-state index is 6.62. The molecule has 0 bridgehead atoms. The molecule has 3 heterocycles. The molecular formula is C37H22BNO. The normalized spacial score (nSPS) is 15.7. The Labute approximate surface area is 232 Å². The van der Waals surface area contributed by atoms with Gasteiger partial charge in [-0.05, 0) is 51.4 Å². The van der Waals surface area contributed by atoms with Crippen molar-refractivity contribution >= 4 is 62.1 Å². The van der Waals surface area contributed by atoms with E-state index in [9.17, 15) is 0 Å². The lowest BCUT2D eigenvalue weighted by Gasteiger charge is -2.43. The van der Waals surface area contributed by atoms with Gasteiger partial charge >= 0.3 is 0 Å². The summed E-state index contributed by atoms with van der Waals surface area (Å²) in [5.41, 5.74) is 16.6. The second-order valence-electron chi connectivity index (χ2n) is 11.2. The van der Waals surface area contributed by atoms with Crippen molar-refractivity contribution in [2.45, 2.75) is 5.92 Å². The lowest BCUT2D eigenvalue weighted by atomic mass is 9.34. The zero-order valence-electron chi connectivity index (χ0n) is 21.6. The number of anilines is 3. The minimum atomic E-state index is 0.173. The van der Waals surface area contributed by atoms with Crippen LogP contribution in [-0.4, -0.2) is 6.71 Å². The minimum Gasteiger partial charge on any atom is -0.455 e. The number of hydrogen-bond acceptors (Lipinski definition) is 2. The third-order valence-corrected chi connectivity index (χ3v) is 9.34. The van der Waals surface area contributed by atoms with Crippen molar-refractivity contribution in [1.82, 2.24) is 0 Å². The van der Waals surface area contributed by atoms with Gasteiger partial charge in [-0.25, -0.2) is 0 Å². The van der Waals surface area contributed by atoms with Gasteiger partial charge in [0.2, 0.25) is 6.71 Å². The van der Waals surface area contributed by atoms with Crippen molar-refractivity contribution < 1.29 is 4.42 Å². The first kappa shape index (κ1) is 20.9. The molecule has 0 amide bonds. The van der Waals surface area contributed by atoms with Gasteiger partial charge in [-0.1, -0.05) is 115 Å². The maximum atomic E-state index is 6.62. The molecule has 10 rings (SSSR count). The standard InChI is InChI=1S/C37H22BNO/c1-2-10-22(11-3-1)38-28-14-6-8-16-31(28)39-30-15-7-4-13-25(30)33-26-19-18-24-23-12-5-9-17-32(23)40-37(24)34(26)27-20-21-29(38)36(39)35(27)33/h1-21,33H. The number of rotatable bonds is 1. The summed E-state index contributed by atoms with van der Waals surface area (Å²) in [5, 5.41) is 2.37. The summed E-state index contributed by atoms with van der Waals surface area (Å²) in [6.07, 6.45) is 0. The van der Waals surface area contributed by atoms with Crippen LogP contribution < -0.4 is 21.3 Å². The summed E-state index contributed by atoms with van der Waals surface area (Å²) in [5.74, 6) is 0.173. The molecule has 3 heteroatoms. The third kappa shape index (κ3) is 2.42. The molecule has 1 aromatic heterocycles. The number of benzene rings is 6. The van der Waals surface area contributed by atoms with Gasteiger partial charge in [-0.15, -0.1) is 0 Å². The third-order valence-electron chi connectivity index (χ3n) is 9.34. The van der Waals surface area contributed by atoms with Crippen LogP contribution in [0.4, 0.5) is 17.1 Å². The lowest BCUT2D eigenvalue weighted by molar-refractivity contribution is 0.670. The van der Waals surface area contributed by atoms with Crippen LogP contribution in [-0.2, 0) is 0 Å². The highest BCUT2D eigenvalue weighted by Gasteiger charge is 2.46. The van der Waals surface area contributed by atoms with E-state index >= 15 is 0 Å². The van der Waals surface area contributed by atoms with Gasteiger partial charge in [0.25, 0.3) is 0 Å². The van der Waals surface area contributed by atoms with Gasteiger partial charge in [-0.3, -0.25) is 0 Å². The molecule has 0 saturated heterocycles. The Morgan fingerprint density at radius 2 is 1.35 bits per heavy atom. The summed E-state index contributed by atoms with van der Waals surface area (Å²) >= 11 is 0. The Hall–Kier alpha value is -5.02. The second kappa shape index (κ2) is 7.34. The van der Waals surface area contributed by atoms with Crippen LogP contribution in [0.5, 0.6) is 0 Å². The van der Waals surface area contributed by atoms with Crippen LogP contribution in [0.15, 0.2) is 132 Å². The summed E-state index contributed by atoms with van der Waals surface area (Å²) in [6.45, 7) is 0.176. The number of para-hydroxylation sites is 3. The van der Waals surface area contributed by atoms with Crippen LogP contribution in [0.2, 0.25) is 0 Å². The van der Waals surface area contributed by atoms with Crippen molar-refractivity contribution in [3.05, 3.63) is 144 Å². The Morgan fingerprint density at radius 3 is 2.27 bits per heavy atom. The van der Waals surface area contributed by atoms with E-state index in [2.05, 4.69) is 132 Å². The van der Waals surface area contributed by atoms with E-state index in [1.807, 2.05) is 0 Å². The highest BCUT2D eigenvalue weighted by atomic mass is 16.3. The van der Waals surface area contributed by atoms with Gasteiger partial charge in [0.15, 0.2) is 0 Å². The summed E-state index contributed by atoms with van der Waals surface area (Å²) in [7, 11) is 0. The van der Waals surface area contributed by atoms with Gasteiger partial charge in [-0.2, -0.15) is 0 Å². The zero-order chi connectivity index (χ0) is 25.9.